The zero-order valence-corrected chi connectivity index (χ0v) is 10.1. The van der Waals surface area contributed by atoms with Crippen LogP contribution >= 0.6 is 0 Å². The van der Waals surface area contributed by atoms with Crippen LogP contribution in [0.4, 0.5) is 5.69 Å². The highest BCUT2D eigenvalue weighted by Crippen LogP contribution is 2.36. The first-order chi connectivity index (χ1) is 8.31. The topological polar surface area (TPSA) is 39.1 Å². The van der Waals surface area contributed by atoms with Gasteiger partial charge in [0.05, 0.1) is 11.3 Å². The first kappa shape index (κ1) is 10.6. The van der Waals surface area contributed by atoms with Crippen LogP contribution in [0.25, 0.3) is 0 Å². The third-order valence-corrected chi connectivity index (χ3v) is 4.27. The summed E-state index contributed by atoms with van der Waals surface area (Å²) in [6.45, 7) is 5.61. The molecule has 0 amide bonds. The Hall–Kier alpha value is -1.53. The second kappa shape index (κ2) is 4.05. The van der Waals surface area contributed by atoms with E-state index in [4.69, 9.17) is 0 Å². The molecule has 0 bridgehead atoms. The Labute approximate surface area is 102 Å². The predicted molar refractivity (Wildman–Crippen MR) is 67.8 cm³/mol. The molecule has 0 spiro atoms. The largest absolute Gasteiger partial charge is 0.367 e. The van der Waals surface area contributed by atoms with Gasteiger partial charge in [-0.05, 0) is 30.9 Å². The highest BCUT2D eigenvalue weighted by atomic mass is 15.2. The predicted octanol–water partition coefficient (Wildman–Crippen LogP) is 1.60. The fraction of sp³-hybridized carbons (Fsp3) is 0.500. The molecule has 1 aromatic carbocycles. The Morgan fingerprint density at radius 2 is 2.18 bits per heavy atom. The number of para-hydroxylation sites is 1. The van der Waals surface area contributed by atoms with Gasteiger partial charge in [0.2, 0.25) is 0 Å². The van der Waals surface area contributed by atoms with Crippen molar-refractivity contribution in [2.45, 2.75) is 13.0 Å². The van der Waals surface area contributed by atoms with Gasteiger partial charge in [0, 0.05) is 25.7 Å². The molecule has 17 heavy (non-hydrogen) atoms. The lowest BCUT2D eigenvalue weighted by Gasteiger charge is -2.27. The number of nitrogens with zero attached hydrogens (tertiary/aromatic N) is 2. The molecule has 1 aromatic rings. The van der Waals surface area contributed by atoms with E-state index in [2.05, 4.69) is 29.3 Å². The Balaban J connectivity index is 1.93. The summed E-state index contributed by atoms with van der Waals surface area (Å²) in [5, 5.41) is 12.6. The third kappa shape index (κ3) is 1.60. The Bertz CT molecular complexity index is 463. The number of rotatable bonds is 1. The minimum Gasteiger partial charge on any atom is -0.367 e. The van der Waals surface area contributed by atoms with Crippen LogP contribution in [0.2, 0.25) is 0 Å². The first-order valence-corrected chi connectivity index (χ1v) is 6.27. The average molecular weight is 227 g/mol. The molecule has 2 heterocycles. The van der Waals surface area contributed by atoms with Crippen LogP contribution < -0.4 is 10.2 Å². The van der Waals surface area contributed by atoms with E-state index in [1.165, 1.54) is 0 Å². The minimum absolute atomic E-state index is 0.532. The van der Waals surface area contributed by atoms with E-state index < -0.39 is 0 Å². The van der Waals surface area contributed by atoms with Gasteiger partial charge in [0.1, 0.15) is 6.07 Å². The molecule has 3 atom stereocenters. The smallest absolute Gasteiger partial charge is 0.101 e. The van der Waals surface area contributed by atoms with Crippen molar-refractivity contribution >= 4 is 5.69 Å². The number of nitriles is 1. The quantitative estimate of drug-likeness (QED) is 0.792. The Kier molecular flexibility index (Phi) is 2.53. The molecule has 3 nitrogen and oxygen atoms in total. The SMILES string of the molecule is CC1C2CNCC2CN1c1ccccc1C#N. The molecule has 3 heteroatoms. The molecule has 0 radical (unpaired) electrons. The van der Waals surface area contributed by atoms with Crippen molar-refractivity contribution in [3.63, 3.8) is 0 Å². The van der Waals surface area contributed by atoms with Crippen molar-refractivity contribution in [2.75, 3.05) is 24.5 Å². The van der Waals surface area contributed by atoms with E-state index in [0.29, 0.717) is 6.04 Å². The van der Waals surface area contributed by atoms with Gasteiger partial charge < -0.3 is 10.2 Å². The van der Waals surface area contributed by atoms with Crippen molar-refractivity contribution in [1.82, 2.24) is 5.32 Å². The zero-order valence-electron chi connectivity index (χ0n) is 10.1. The number of fused-ring (bicyclic) bond motifs is 1. The summed E-state index contributed by atoms with van der Waals surface area (Å²) in [5.74, 6) is 1.48. The number of nitrogens with one attached hydrogen (secondary N) is 1. The number of benzene rings is 1. The molecule has 3 rings (SSSR count). The second-order valence-corrected chi connectivity index (χ2v) is 5.10. The molecule has 0 aliphatic carbocycles. The molecule has 2 saturated heterocycles. The van der Waals surface area contributed by atoms with Gasteiger partial charge >= 0.3 is 0 Å². The van der Waals surface area contributed by atoms with E-state index >= 15 is 0 Å². The monoisotopic (exact) mass is 227 g/mol. The summed E-state index contributed by atoms with van der Waals surface area (Å²) >= 11 is 0. The molecular formula is C14H17N3. The van der Waals surface area contributed by atoms with E-state index in [0.717, 1.165) is 42.7 Å². The molecule has 0 aromatic heterocycles. The summed E-state index contributed by atoms with van der Waals surface area (Å²) < 4.78 is 0. The van der Waals surface area contributed by atoms with Gasteiger partial charge in [-0.3, -0.25) is 0 Å². The zero-order chi connectivity index (χ0) is 11.8. The lowest BCUT2D eigenvalue weighted by Crippen LogP contribution is -2.33. The Morgan fingerprint density at radius 1 is 1.35 bits per heavy atom. The van der Waals surface area contributed by atoms with Gasteiger partial charge in [0.25, 0.3) is 0 Å². The maximum Gasteiger partial charge on any atom is 0.101 e. The number of hydrogen-bond acceptors (Lipinski definition) is 3. The lowest BCUT2D eigenvalue weighted by atomic mass is 9.95. The third-order valence-electron chi connectivity index (χ3n) is 4.27. The van der Waals surface area contributed by atoms with Crippen LogP contribution in [0, 0.1) is 23.2 Å². The van der Waals surface area contributed by atoms with Crippen molar-refractivity contribution in [2.24, 2.45) is 11.8 Å². The van der Waals surface area contributed by atoms with E-state index in [1.54, 1.807) is 0 Å². The number of hydrogen-bond donors (Lipinski definition) is 1. The van der Waals surface area contributed by atoms with Gasteiger partial charge in [-0.25, -0.2) is 0 Å². The van der Waals surface area contributed by atoms with E-state index in [-0.39, 0.29) is 0 Å². The van der Waals surface area contributed by atoms with Crippen LogP contribution in [0.15, 0.2) is 24.3 Å². The first-order valence-electron chi connectivity index (χ1n) is 6.27. The van der Waals surface area contributed by atoms with Crippen LogP contribution in [-0.2, 0) is 0 Å². The summed E-state index contributed by atoms with van der Waals surface area (Å²) in [7, 11) is 0. The van der Waals surface area contributed by atoms with Crippen LogP contribution in [0.1, 0.15) is 12.5 Å². The van der Waals surface area contributed by atoms with Crippen molar-refractivity contribution in [1.29, 1.82) is 5.26 Å². The molecule has 2 fully saturated rings. The summed E-state index contributed by atoms with van der Waals surface area (Å²) in [6, 6.07) is 10.8. The molecule has 0 saturated carbocycles. The van der Waals surface area contributed by atoms with Gasteiger partial charge in [0.15, 0.2) is 0 Å². The van der Waals surface area contributed by atoms with Crippen molar-refractivity contribution in [3.05, 3.63) is 29.8 Å². The molecule has 88 valence electrons. The molecule has 2 aliphatic rings. The van der Waals surface area contributed by atoms with Gasteiger partial charge in [-0.15, -0.1) is 0 Å². The maximum absolute atomic E-state index is 9.18. The van der Waals surface area contributed by atoms with Gasteiger partial charge in [-0.2, -0.15) is 5.26 Å². The van der Waals surface area contributed by atoms with Crippen molar-refractivity contribution < 1.29 is 0 Å². The number of anilines is 1. The highest BCUT2D eigenvalue weighted by Gasteiger charge is 2.42. The fourth-order valence-corrected chi connectivity index (χ4v) is 3.30. The van der Waals surface area contributed by atoms with E-state index in [1.807, 2.05) is 18.2 Å². The van der Waals surface area contributed by atoms with E-state index in [9.17, 15) is 5.26 Å². The van der Waals surface area contributed by atoms with Crippen LogP contribution in [0.3, 0.4) is 0 Å². The highest BCUT2D eigenvalue weighted by molar-refractivity contribution is 5.60. The average Bonchev–Trinajstić information content (AvgIpc) is 2.93. The Morgan fingerprint density at radius 3 is 2.94 bits per heavy atom. The van der Waals surface area contributed by atoms with Crippen LogP contribution in [0.5, 0.6) is 0 Å². The summed E-state index contributed by atoms with van der Waals surface area (Å²) in [4.78, 5) is 2.41. The minimum atomic E-state index is 0.532. The second-order valence-electron chi connectivity index (χ2n) is 5.10. The maximum atomic E-state index is 9.18. The normalized spacial score (nSPS) is 31.3. The lowest BCUT2D eigenvalue weighted by molar-refractivity contribution is 0.471. The molecule has 1 N–H and O–H groups in total. The fourth-order valence-electron chi connectivity index (χ4n) is 3.30. The standard InChI is InChI=1S/C14H17N3/c1-10-13-8-16-7-12(13)9-17(10)14-5-3-2-4-11(14)6-15/h2-5,10,12-13,16H,7-9H2,1H3. The summed E-state index contributed by atoms with van der Waals surface area (Å²) in [6.07, 6.45) is 0. The molecule has 2 aliphatic heterocycles. The molecule has 3 unspecified atom stereocenters. The molecular weight excluding hydrogens is 210 g/mol. The van der Waals surface area contributed by atoms with Crippen LogP contribution in [-0.4, -0.2) is 25.7 Å². The summed E-state index contributed by atoms with van der Waals surface area (Å²) in [5.41, 5.74) is 1.91. The van der Waals surface area contributed by atoms with Crippen molar-refractivity contribution in [3.8, 4) is 6.07 Å². The van der Waals surface area contributed by atoms with Gasteiger partial charge in [-0.1, -0.05) is 12.1 Å².